The van der Waals surface area contributed by atoms with Gasteiger partial charge in [0.05, 0.1) is 6.61 Å². The molecule has 1 saturated heterocycles. The van der Waals surface area contributed by atoms with Gasteiger partial charge in [0.25, 0.3) is 0 Å². The van der Waals surface area contributed by atoms with Crippen molar-refractivity contribution >= 4 is 11.9 Å². The number of nitrogens with one attached hydrogen (secondary N) is 1. The number of nitrogens with zero attached hydrogens (tertiary/aromatic N) is 4. The van der Waals surface area contributed by atoms with E-state index in [2.05, 4.69) is 39.0 Å². The third-order valence-electron chi connectivity index (χ3n) is 4.32. The highest BCUT2D eigenvalue weighted by molar-refractivity contribution is 5.38. The molecular weight excluding hydrogens is 266 g/mol. The summed E-state index contributed by atoms with van der Waals surface area (Å²) in [7, 11) is 0. The summed E-state index contributed by atoms with van der Waals surface area (Å²) < 4.78 is 5.46. The second kappa shape index (κ2) is 6.91. The zero-order chi connectivity index (χ0) is 15.3. The molecule has 0 saturated carbocycles. The number of aromatic nitrogens is 3. The first-order valence-corrected chi connectivity index (χ1v) is 7.98. The van der Waals surface area contributed by atoms with E-state index in [1.807, 2.05) is 13.8 Å². The fraction of sp³-hybridized carbons (Fsp3) is 0.800. The van der Waals surface area contributed by atoms with Crippen LogP contribution in [0, 0.1) is 5.41 Å². The predicted molar refractivity (Wildman–Crippen MR) is 85.0 cm³/mol. The maximum atomic E-state index is 5.46. The first-order valence-electron chi connectivity index (χ1n) is 7.98. The van der Waals surface area contributed by atoms with E-state index in [1.54, 1.807) is 0 Å². The van der Waals surface area contributed by atoms with Crippen molar-refractivity contribution in [3.8, 4) is 6.01 Å². The fourth-order valence-corrected chi connectivity index (χ4v) is 2.52. The van der Waals surface area contributed by atoms with Crippen LogP contribution in [0.15, 0.2) is 0 Å². The normalized spacial score (nSPS) is 17.6. The average Bonchev–Trinajstić information content (AvgIpc) is 2.48. The molecule has 1 fully saturated rings. The van der Waals surface area contributed by atoms with Gasteiger partial charge in [0.1, 0.15) is 0 Å². The first-order chi connectivity index (χ1) is 10.1. The number of piperidine rings is 1. The number of rotatable bonds is 6. The molecule has 2 rings (SSSR count). The third-order valence-corrected chi connectivity index (χ3v) is 4.32. The lowest BCUT2D eigenvalue weighted by Crippen LogP contribution is -2.39. The van der Waals surface area contributed by atoms with Gasteiger partial charge in [-0.25, -0.2) is 0 Å². The standard InChI is InChI=1S/C15H27N5O/c1-5-15(4)8-10-20(11-9-15)13-17-12(16-6-2)18-14(19-13)21-7-3/h5-11H2,1-4H3,(H,16,17,18,19). The molecule has 0 radical (unpaired) electrons. The summed E-state index contributed by atoms with van der Waals surface area (Å²) in [6.45, 7) is 11.9. The minimum atomic E-state index is 0.405. The van der Waals surface area contributed by atoms with Crippen LogP contribution in [0.1, 0.15) is 47.0 Å². The van der Waals surface area contributed by atoms with Crippen LogP contribution in [0.4, 0.5) is 11.9 Å². The molecule has 1 aliphatic rings. The van der Waals surface area contributed by atoms with E-state index >= 15 is 0 Å². The molecule has 2 heterocycles. The van der Waals surface area contributed by atoms with E-state index < -0.39 is 0 Å². The summed E-state index contributed by atoms with van der Waals surface area (Å²) in [4.78, 5) is 15.5. The number of ether oxygens (including phenoxy) is 1. The van der Waals surface area contributed by atoms with E-state index in [0.29, 0.717) is 24.0 Å². The van der Waals surface area contributed by atoms with Crippen LogP contribution in [0.5, 0.6) is 6.01 Å². The molecule has 1 aromatic rings. The second-order valence-corrected chi connectivity index (χ2v) is 5.86. The molecule has 21 heavy (non-hydrogen) atoms. The van der Waals surface area contributed by atoms with Gasteiger partial charge < -0.3 is 15.0 Å². The van der Waals surface area contributed by atoms with Gasteiger partial charge in [-0.05, 0) is 32.1 Å². The molecule has 0 aromatic carbocycles. The van der Waals surface area contributed by atoms with Gasteiger partial charge in [0.2, 0.25) is 11.9 Å². The largest absolute Gasteiger partial charge is 0.464 e. The van der Waals surface area contributed by atoms with Crippen LogP contribution in [-0.4, -0.2) is 41.2 Å². The second-order valence-electron chi connectivity index (χ2n) is 5.86. The highest BCUT2D eigenvalue weighted by atomic mass is 16.5. The summed E-state index contributed by atoms with van der Waals surface area (Å²) in [5.41, 5.74) is 0.455. The Bertz CT molecular complexity index is 433. The van der Waals surface area contributed by atoms with Crippen molar-refractivity contribution in [2.75, 3.05) is 36.5 Å². The van der Waals surface area contributed by atoms with Crippen LogP contribution in [0.3, 0.4) is 0 Å². The molecule has 1 N–H and O–H groups in total. The van der Waals surface area contributed by atoms with Gasteiger partial charge >= 0.3 is 6.01 Å². The Kier molecular flexibility index (Phi) is 5.20. The molecule has 0 amide bonds. The van der Waals surface area contributed by atoms with Crippen LogP contribution < -0.4 is 15.0 Å². The monoisotopic (exact) mass is 293 g/mol. The van der Waals surface area contributed by atoms with Crippen molar-refractivity contribution in [3.63, 3.8) is 0 Å². The molecule has 1 aliphatic heterocycles. The van der Waals surface area contributed by atoms with Crippen molar-refractivity contribution < 1.29 is 4.74 Å². The lowest BCUT2D eigenvalue weighted by Gasteiger charge is -2.38. The molecule has 118 valence electrons. The number of hydrogen-bond donors (Lipinski definition) is 1. The van der Waals surface area contributed by atoms with E-state index in [9.17, 15) is 0 Å². The summed E-state index contributed by atoms with van der Waals surface area (Å²) in [5, 5.41) is 3.14. The first kappa shape index (κ1) is 15.8. The highest BCUT2D eigenvalue weighted by Crippen LogP contribution is 2.35. The molecule has 1 aromatic heterocycles. The Morgan fingerprint density at radius 1 is 1.14 bits per heavy atom. The zero-order valence-corrected chi connectivity index (χ0v) is 13.6. The maximum absolute atomic E-state index is 5.46. The Hall–Kier alpha value is -1.59. The van der Waals surface area contributed by atoms with Gasteiger partial charge in [-0.3, -0.25) is 0 Å². The number of anilines is 2. The Labute approximate surface area is 127 Å². The number of hydrogen-bond acceptors (Lipinski definition) is 6. The van der Waals surface area contributed by atoms with Crippen molar-refractivity contribution in [1.29, 1.82) is 0 Å². The van der Waals surface area contributed by atoms with Gasteiger partial charge in [0, 0.05) is 19.6 Å². The summed E-state index contributed by atoms with van der Waals surface area (Å²) in [6.07, 6.45) is 3.58. The van der Waals surface area contributed by atoms with Crippen molar-refractivity contribution in [3.05, 3.63) is 0 Å². The van der Waals surface area contributed by atoms with E-state index in [0.717, 1.165) is 25.6 Å². The van der Waals surface area contributed by atoms with Crippen LogP contribution in [-0.2, 0) is 0 Å². The minimum Gasteiger partial charge on any atom is -0.464 e. The van der Waals surface area contributed by atoms with Crippen LogP contribution in [0.25, 0.3) is 0 Å². The zero-order valence-electron chi connectivity index (χ0n) is 13.6. The SMILES string of the molecule is CCNc1nc(OCC)nc(N2CCC(C)(CC)CC2)n1. The Morgan fingerprint density at radius 2 is 1.86 bits per heavy atom. The highest BCUT2D eigenvalue weighted by Gasteiger charge is 2.29. The minimum absolute atomic E-state index is 0.405. The lowest BCUT2D eigenvalue weighted by molar-refractivity contribution is 0.236. The third kappa shape index (κ3) is 3.95. The molecule has 6 heteroatoms. The summed E-state index contributed by atoms with van der Waals surface area (Å²) in [5.74, 6) is 1.32. The molecule has 0 bridgehead atoms. The maximum Gasteiger partial charge on any atom is 0.323 e. The average molecular weight is 293 g/mol. The topological polar surface area (TPSA) is 63.2 Å². The van der Waals surface area contributed by atoms with E-state index in [-0.39, 0.29) is 0 Å². The fourth-order valence-electron chi connectivity index (χ4n) is 2.52. The summed E-state index contributed by atoms with van der Waals surface area (Å²) >= 11 is 0. The van der Waals surface area contributed by atoms with Gasteiger partial charge in [-0.15, -0.1) is 0 Å². The molecule has 0 aliphatic carbocycles. The Morgan fingerprint density at radius 3 is 2.43 bits per heavy atom. The van der Waals surface area contributed by atoms with Gasteiger partial charge in [-0.2, -0.15) is 15.0 Å². The van der Waals surface area contributed by atoms with Crippen molar-refractivity contribution in [1.82, 2.24) is 15.0 Å². The predicted octanol–water partition coefficient (Wildman–Crippen LogP) is 2.72. The lowest BCUT2D eigenvalue weighted by atomic mass is 9.78. The molecule has 0 spiro atoms. The Balaban J connectivity index is 2.15. The van der Waals surface area contributed by atoms with Crippen LogP contribution in [0.2, 0.25) is 0 Å². The molecule has 0 atom stereocenters. The quantitative estimate of drug-likeness (QED) is 0.870. The molecular formula is C15H27N5O. The van der Waals surface area contributed by atoms with E-state index in [4.69, 9.17) is 4.74 Å². The molecule has 6 nitrogen and oxygen atoms in total. The van der Waals surface area contributed by atoms with Gasteiger partial charge in [0.15, 0.2) is 0 Å². The smallest absolute Gasteiger partial charge is 0.323 e. The van der Waals surface area contributed by atoms with E-state index in [1.165, 1.54) is 19.3 Å². The van der Waals surface area contributed by atoms with Crippen molar-refractivity contribution in [2.24, 2.45) is 5.41 Å². The van der Waals surface area contributed by atoms with Crippen molar-refractivity contribution in [2.45, 2.75) is 47.0 Å². The summed E-state index contributed by atoms with van der Waals surface area (Å²) in [6, 6.07) is 0.405. The van der Waals surface area contributed by atoms with Gasteiger partial charge in [-0.1, -0.05) is 20.3 Å². The molecule has 0 unspecified atom stereocenters. The van der Waals surface area contributed by atoms with Crippen LogP contribution >= 0.6 is 0 Å².